The molecule has 11 nitrogen and oxygen atoms in total. The lowest BCUT2D eigenvalue weighted by molar-refractivity contribution is -0.157. The highest BCUT2D eigenvalue weighted by Gasteiger charge is 2.39. The van der Waals surface area contributed by atoms with E-state index in [-0.39, 0.29) is 59.0 Å². The Morgan fingerprint density at radius 3 is 1.31 bits per heavy atom. The van der Waals surface area contributed by atoms with E-state index in [1.807, 2.05) is 97.1 Å². The quantitative estimate of drug-likeness (QED) is 0.0444. The minimum atomic E-state index is -1.10. The first-order valence-electron chi connectivity index (χ1n) is 25.7. The SMILES string of the molecule is C#Cc1ccc(C#Cc2ccc(C#Cc3ccc(C#CC4(OC(=O)c5ccc(OC(=O)C6CCC(C(=O)ONC)CC6)cc5)CCC(c5ccc(OC(=O)C6CCC(C(=O)OCC)CC6)cc5)CC4)cc3)cc2)cc1. The Morgan fingerprint density at radius 1 is 0.507 bits per heavy atom. The third kappa shape index (κ3) is 14.7. The molecule has 75 heavy (non-hydrogen) atoms. The molecule has 1 N–H and O–H groups in total. The number of esters is 4. The van der Waals surface area contributed by atoms with Gasteiger partial charge < -0.3 is 23.8 Å². The van der Waals surface area contributed by atoms with Crippen molar-refractivity contribution in [1.29, 1.82) is 0 Å². The molecule has 0 heterocycles. The normalized spacial score (nSPS) is 20.8. The summed E-state index contributed by atoms with van der Waals surface area (Å²) >= 11 is 0. The maximum Gasteiger partial charge on any atom is 0.339 e. The fourth-order valence-corrected chi connectivity index (χ4v) is 9.74. The van der Waals surface area contributed by atoms with Gasteiger partial charge in [-0.25, -0.2) is 4.79 Å². The van der Waals surface area contributed by atoms with Crippen LogP contribution in [0.3, 0.4) is 0 Å². The molecule has 5 aromatic carbocycles. The number of rotatable bonds is 11. The van der Waals surface area contributed by atoms with E-state index in [2.05, 4.69) is 46.9 Å². The molecule has 0 spiro atoms. The molecule has 0 radical (unpaired) electrons. The van der Waals surface area contributed by atoms with Crippen LogP contribution in [0.5, 0.6) is 11.5 Å². The molecular weight excluding hydrogens is 943 g/mol. The van der Waals surface area contributed by atoms with E-state index in [4.69, 9.17) is 30.2 Å². The van der Waals surface area contributed by atoms with Crippen LogP contribution in [-0.2, 0) is 33.5 Å². The zero-order valence-electron chi connectivity index (χ0n) is 42.3. The standard InChI is InChI=1S/C64H59NO10/c1-4-44-6-8-45(9-7-44)10-11-46-12-14-47(15-13-46)16-17-48-18-20-49(21-19-48)38-41-64(74-62(69)55-32-36-58(37-33-55)73-61(68)54-26-28-56(29-27-54)63(70)75-65-3)42-39-51(40-43-64)50-30-34-57(35-31-50)72-60(67)53-24-22-52(23-25-53)59(66)71-5-2/h1,6-9,12-15,18-21,30-37,51-54,56,65H,5,22-29,39-40,42-43H2,2-3H3. The summed E-state index contributed by atoms with van der Waals surface area (Å²) in [5.41, 5.74) is 7.66. The smallest absolute Gasteiger partial charge is 0.339 e. The van der Waals surface area contributed by atoms with Gasteiger partial charge >= 0.3 is 29.8 Å². The van der Waals surface area contributed by atoms with Crippen LogP contribution < -0.4 is 15.0 Å². The third-order valence-corrected chi connectivity index (χ3v) is 14.2. The summed E-state index contributed by atoms with van der Waals surface area (Å²) in [4.78, 5) is 69.3. The van der Waals surface area contributed by atoms with Gasteiger partial charge in [-0.3, -0.25) is 19.2 Å². The number of ether oxygens (including phenoxy) is 4. The van der Waals surface area contributed by atoms with Gasteiger partial charge in [0.15, 0.2) is 5.60 Å². The van der Waals surface area contributed by atoms with Crippen LogP contribution in [0.2, 0.25) is 0 Å². The van der Waals surface area contributed by atoms with Crippen molar-refractivity contribution < 1.29 is 47.8 Å². The number of carbonyl (C=O) groups excluding carboxylic acids is 5. The molecule has 3 saturated carbocycles. The number of carbonyl (C=O) groups is 5. The third-order valence-electron chi connectivity index (χ3n) is 14.2. The fraction of sp³-hybridized carbons (Fsp3) is 0.328. The highest BCUT2D eigenvalue weighted by Crippen LogP contribution is 2.41. The largest absolute Gasteiger partial charge is 0.466 e. The second-order valence-corrected chi connectivity index (χ2v) is 19.2. The Morgan fingerprint density at radius 2 is 0.893 bits per heavy atom. The molecule has 3 fully saturated rings. The molecule has 0 saturated heterocycles. The van der Waals surface area contributed by atoms with E-state index in [0.717, 1.165) is 38.9 Å². The molecule has 5 aromatic rings. The number of terminal acetylenes is 1. The number of hydroxylamine groups is 1. The van der Waals surface area contributed by atoms with Crippen LogP contribution in [0.25, 0.3) is 0 Å². The summed E-state index contributed by atoms with van der Waals surface area (Å²) in [6.07, 6.45) is 12.2. The van der Waals surface area contributed by atoms with Crippen LogP contribution in [-0.4, -0.2) is 49.1 Å². The minimum Gasteiger partial charge on any atom is -0.466 e. The summed E-state index contributed by atoms with van der Waals surface area (Å²) in [5.74, 6) is 20.2. The lowest BCUT2D eigenvalue weighted by Crippen LogP contribution is -2.37. The first-order valence-corrected chi connectivity index (χ1v) is 25.7. The van der Waals surface area contributed by atoms with E-state index < -0.39 is 11.6 Å². The van der Waals surface area contributed by atoms with Crippen molar-refractivity contribution in [2.24, 2.45) is 23.7 Å². The van der Waals surface area contributed by atoms with Gasteiger partial charge in [0.1, 0.15) is 11.5 Å². The van der Waals surface area contributed by atoms with Gasteiger partial charge in [0.2, 0.25) is 0 Å². The topological polar surface area (TPSA) is 144 Å². The zero-order chi connectivity index (χ0) is 52.6. The van der Waals surface area contributed by atoms with Crippen LogP contribution in [0.1, 0.15) is 139 Å². The Hall–Kier alpha value is -8.35. The monoisotopic (exact) mass is 1000 g/mol. The molecule has 3 aliphatic rings. The van der Waals surface area contributed by atoms with Gasteiger partial charge in [-0.2, -0.15) is 5.48 Å². The van der Waals surface area contributed by atoms with Crippen LogP contribution in [0.4, 0.5) is 0 Å². The van der Waals surface area contributed by atoms with Gasteiger partial charge in [-0.1, -0.05) is 47.7 Å². The maximum atomic E-state index is 13.9. The van der Waals surface area contributed by atoms with Gasteiger partial charge in [-0.05, 0) is 211 Å². The predicted octanol–water partition coefficient (Wildman–Crippen LogP) is 10.4. The molecule has 3 aliphatic carbocycles. The molecule has 8 rings (SSSR count). The number of hydrogen-bond donors (Lipinski definition) is 1. The Bertz CT molecular complexity index is 3060. The van der Waals surface area contributed by atoms with Crippen LogP contribution in [0.15, 0.2) is 121 Å². The van der Waals surface area contributed by atoms with Crippen molar-refractivity contribution in [1.82, 2.24) is 5.48 Å². The second-order valence-electron chi connectivity index (χ2n) is 19.2. The van der Waals surface area contributed by atoms with Crippen molar-refractivity contribution in [2.75, 3.05) is 13.7 Å². The van der Waals surface area contributed by atoms with Crippen molar-refractivity contribution >= 4 is 29.8 Å². The average molecular weight is 1000 g/mol. The minimum absolute atomic E-state index is 0.146. The van der Waals surface area contributed by atoms with E-state index >= 15 is 0 Å². The maximum absolute atomic E-state index is 13.9. The number of hydrogen-bond acceptors (Lipinski definition) is 11. The molecule has 0 atom stereocenters. The number of benzene rings is 5. The van der Waals surface area contributed by atoms with Gasteiger partial charge in [0, 0.05) is 40.4 Å². The number of nitrogens with one attached hydrogen (secondary N) is 1. The van der Waals surface area contributed by atoms with E-state index in [1.54, 1.807) is 31.2 Å². The van der Waals surface area contributed by atoms with Crippen molar-refractivity contribution in [3.8, 4) is 59.4 Å². The summed E-state index contributed by atoms with van der Waals surface area (Å²) in [7, 11) is 1.53. The molecule has 0 unspecified atom stereocenters. The highest BCUT2D eigenvalue weighted by molar-refractivity contribution is 5.90. The van der Waals surface area contributed by atoms with Gasteiger partial charge in [0.25, 0.3) is 0 Å². The van der Waals surface area contributed by atoms with Crippen LogP contribution >= 0.6 is 0 Å². The predicted molar refractivity (Wildman–Crippen MR) is 282 cm³/mol. The summed E-state index contributed by atoms with van der Waals surface area (Å²) in [5, 5.41) is 0. The first kappa shape index (κ1) is 53.0. The van der Waals surface area contributed by atoms with Crippen molar-refractivity contribution in [3.63, 3.8) is 0 Å². The second kappa shape index (κ2) is 25.5. The Kier molecular flexibility index (Phi) is 18.0. The van der Waals surface area contributed by atoms with Gasteiger partial charge in [-0.15, -0.1) is 6.42 Å². The highest BCUT2D eigenvalue weighted by atomic mass is 16.7. The summed E-state index contributed by atoms with van der Waals surface area (Å²) in [6.45, 7) is 2.14. The van der Waals surface area contributed by atoms with E-state index in [9.17, 15) is 24.0 Å². The van der Waals surface area contributed by atoms with Crippen molar-refractivity contribution in [2.45, 2.75) is 95.5 Å². The molecule has 0 amide bonds. The van der Waals surface area contributed by atoms with Gasteiger partial charge in [0.05, 0.1) is 35.8 Å². The lowest BCUT2D eigenvalue weighted by atomic mass is 9.76. The summed E-state index contributed by atoms with van der Waals surface area (Å²) in [6, 6.07) is 36.9. The average Bonchev–Trinajstić information content (AvgIpc) is 3.45. The molecule has 11 heteroatoms. The molecule has 0 aromatic heterocycles. The molecule has 380 valence electrons. The fourth-order valence-electron chi connectivity index (χ4n) is 9.74. The Balaban J connectivity index is 0.911. The van der Waals surface area contributed by atoms with Crippen molar-refractivity contribution in [3.05, 3.63) is 166 Å². The zero-order valence-corrected chi connectivity index (χ0v) is 42.3. The van der Waals surface area contributed by atoms with E-state index in [1.165, 1.54) is 7.05 Å². The van der Waals surface area contributed by atoms with Crippen LogP contribution in [0, 0.1) is 71.5 Å². The molecule has 0 bridgehead atoms. The summed E-state index contributed by atoms with van der Waals surface area (Å²) < 4.78 is 23.0. The lowest BCUT2D eigenvalue weighted by Gasteiger charge is -2.36. The Labute approximate surface area is 439 Å². The molecule has 0 aliphatic heterocycles. The first-order chi connectivity index (χ1) is 36.5. The molecular formula is C64H59NO10. The van der Waals surface area contributed by atoms with E-state index in [0.29, 0.717) is 95.2 Å².